The fourth-order valence-corrected chi connectivity index (χ4v) is 4.44. The van der Waals surface area contributed by atoms with Crippen molar-refractivity contribution >= 4 is 21.7 Å². The lowest BCUT2D eigenvalue weighted by Gasteiger charge is -2.17. The molecule has 0 fully saturated rings. The number of rotatable bonds is 9. The number of carbonyl (C=O) groups is 1. The molecule has 0 aliphatic rings. The average Bonchev–Trinajstić information content (AvgIpc) is 2.78. The number of hydrogen-bond donors (Lipinski definition) is 3. The van der Waals surface area contributed by atoms with Gasteiger partial charge >= 0.3 is 12.1 Å². The van der Waals surface area contributed by atoms with Crippen molar-refractivity contribution < 1.29 is 41.3 Å². The highest BCUT2D eigenvalue weighted by Crippen LogP contribution is 2.36. The average molecular weight is 495 g/mol. The Kier molecular flexibility index (Phi) is 7.48. The number of benzene rings is 3. The third-order valence-corrected chi connectivity index (χ3v) is 6.26. The number of carboxylic acid groups (broad SMARTS) is 1. The summed E-state index contributed by atoms with van der Waals surface area (Å²) in [5.74, 6) is -1.50. The largest absolute Gasteiger partial charge is 0.487 e. The zero-order valence-corrected chi connectivity index (χ0v) is 18.4. The van der Waals surface area contributed by atoms with E-state index >= 15 is 0 Å². The van der Waals surface area contributed by atoms with Gasteiger partial charge in [-0.3, -0.25) is 4.72 Å². The minimum absolute atomic E-state index is 0.0258. The van der Waals surface area contributed by atoms with E-state index in [1.54, 1.807) is 6.07 Å². The van der Waals surface area contributed by atoms with Gasteiger partial charge in [0, 0.05) is 6.61 Å². The second-order valence-corrected chi connectivity index (χ2v) is 8.84. The van der Waals surface area contributed by atoms with E-state index in [-0.39, 0.29) is 41.5 Å². The van der Waals surface area contributed by atoms with E-state index in [0.29, 0.717) is 17.2 Å². The molecule has 180 valence electrons. The fourth-order valence-electron chi connectivity index (χ4n) is 3.10. The number of ether oxygens (including phenoxy) is 1. The molecule has 11 heteroatoms. The SMILES string of the molecule is O=C(O)c1ccc(COc2cc(C(F)(F)F)ccc2NS(=O)(=O)c2ccccc2CCO)cc1. The van der Waals surface area contributed by atoms with Crippen LogP contribution in [-0.2, 0) is 29.2 Å². The maximum atomic E-state index is 13.2. The fraction of sp³-hybridized carbons (Fsp3) is 0.174. The first-order chi connectivity index (χ1) is 16.0. The summed E-state index contributed by atoms with van der Waals surface area (Å²) >= 11 is 0. The first kappa shape index (κ1) is 25.1. The van der Waals surface area contributed by atoms with Gasteiger partial charge in [0.25, 0.3) is 10.0 Å². The van der Waals surface area contributed by atoms with Gasteiger partial charge in [-0.15, -0.1) is 0 Å². The van der Waals surface area contributed by atoms with E-state index in [0.717, 1.165) is 12.1 Å². The summed E-state index contributed by atoms with van der Waals surface area (Å²) < 4.78 is 73.5. The number of halogens is 3. The Labute approximate surface area is 193 Å². The number of aliphatic hydroxyl groups is 1. The molecule has 0 spiro atoms. The molecule has 0 atom stereocenters. The zero-order valence-electron chi connectivity index (χ0n) is 17.5. The molecule has 34 heavy (non-hydrogen) atoms. The highest BCUT2D eigenvalue weighted by atomic mass is 32.2. The smallest absolute Gasteiger partial charge is 0.416 e. The number of hydrogen-bond acceptors (Lipinski definition) is 5. The Morgan fingerprint density at radius 1 is 1.00 bits per heavy atom. The highest BCUT2D eigenvalue weighted by Gasteiger charge is 2.32. The van der Waals surface area contributed by atoms with Gasteiger partial charge in [0.05, 0.1) is 21.7 Å². The van der Waals surface area contributed by atoms with E-state index in [1.807, 2.05) is 0 Å². The summed E-state index contributed by atoms with van der Waals surface area (Å²) in [4.78, 5) is 10.8. The Balaban J connectivity index is 1.93. The number of alkyl halides is 3. The van der Waals surface area contributed by atoms with Crippen LogP contribution in [0.5, 0.6) is 5.75 Å². The monoisotopic (exact) mass is 495 g/mol. The first-order valence-electron chi connectivity index (χ1n) is 9.89. The Morgan fingerprint density at radius 3 is 2.29 bits per heavy atom. The zero-order chi connectivity index (χ0) is 24.9. The number of anilines is 1. The van der Waals surface area contributed by atoms with Crippen molar-refractivity contribution in [2.45, 2.75) is 24.1 Å². The molecule has 3 rings (SSSR count). The Bertz CT molecular complexity index is 1270. The maximum absolute atomic E-state index is 13.2. The van der Waals surface area contributed by atoms with Crippen molar-refractivity contribution in [1.82, 2.24) is 0 Å². The molecule has 0 bridgehead atoms. The standard InChI is InChI=1S/C23H20F3NO6S/c24-23(25,26)18-9-10-19(27-34(31,32)21-4-2-1-3-16(21)11-12-28)20(13-18)33-14-15-5-7-17(8-6-15)22(29)30/h1-10,13,27-28H,11-12,14H2,(H,29,30). The van der Waals surface area contributed by atoms with E-state index in [2.05, 4.69) is 4.72 Å². The van der Waals surface area contributed by atoms with Crippen LogP contribution in [0.15, 0.2) is 71.6 Å². The molecule has 0 aliphatic carbocycles. The molecule has 3 N–H and O–H groups in total. The summed E-state index contributed by atoms with van der Waals surface area (Å²) in [6.07, 6.45) is -4.62. The summed E-state index contributed by atoms with van der Waals surface area (Å²) in [5, 5.41) is 18.2. The van der Waals surface area contributed by atoms with Crippen LogP contribution in [0.3, 0.4) is 0 Å². The summed E-state index contributed by atoms with van der Waals surface area (Å²) in [6, 6.07) is 13.8. The molecule has 0 aromatic heterocycles. The van der Waals surface area contributed by atoms with Gasteiger partial charge in [0.1, 0.15) is 12.4 Å². The summed E-state index contributed by atoms with van der Waals surface area (Å²) in [6.45, 7) is -0.529. The molecule has 3 aromatic rings. The molecule has 0 saturated carbocycles. The van der Waals surface area contributed by atoms with Crippen molar-refractivity contribution in [3.63, 3.8) is 0 Å². The van der Waals surface area contributed by atoms with Gasteiger partial charge < -0.3 is 14.9 Å². The molecule has 0 unspecified atom stereocenters. The normalized spacial score (nSPS) is 11.8. The number of aromatic carboxylic acids is 1. The Morgan fingerprint density at radius 2 is 1.68 bits per heavy atom. The number of carboxylic acids is 1. The van der Waals surface area contributed by atoms with Crippen LogP contribution in [-0.4, -0.2) is 31.2 Å². The second-order valence-electron chi connectivity index (χ2n) is 7.19. The minimum Gasteiger partial charge on any atom is -0.487 e. The topological polar surface area (TPSA) is 113 Å². The number of nitrogens with one attached hydrogen (secondary N) is 1. The molecule has 0 aliphatic heterocycles. The Hall–Kier alpha value is -3.57. The van der Waals surface area contributed by atoms with Gasteiger partial charge in [0.15, 0.2) is 0 Å². The van der Waals surface area contributed by atoms with Gasteiger partial charge in [-0.1, -0.05) is 30.3 Å². The molecule has 0 saturated heterocycles. The molecule has 0 heterocycles. The van der Waals surface area contributed by atoms with Crippen LogP contribution in [0.1, 0.15) is 27.0 Å². The van der Waals surface area contributed by atoms with Crippen molar-refractivity contribution in [1.29, 1.82) is 0 Å². The number of sulfonamides is 1. The summed E-state index contributed by atoms with van der Waals surface area (Å²) in [5.41, 5.74) is -0.422. The van der Waals surface area contributed by atoms with Crippen LogP contribution in [0, 0.1) is 0 Å². The third-order valence-electron chi connectivity index (χ3n) is 4.79. The lowest BCUT2D eigenvalue weighted by atomic mass is 10.1. The molecule has 3 aromatic carbocycles. The van der Waals surface area contributed by atoms with Crippen LogP contribution in [0.25, 0.3) is 0 Å². The number of aliphatic hydroxyl groups excluding tert-OH is 1. The van der Waals surface area contributed by atoms with Gasteiger partial charge in [-0.05, 0) is 53.9 Å². The quantitative estimate of drug-likeness (QED) is 0.408. The highest BCUT2D eigenvalue weighted by molar-refractivity contribution is 7.92. The van der Waals surface area contributed by atoms with Crippen LogP contribution in [0.4, 0.5) is 18.9 Å². The predicted octanol–water partition coefficient (Wildman–Crippen LogP) is 4.32. The molecule has 0 radical (unpaired) electrons. The predicted molar refractivity (Wildman–Crippen MR) is 117 cm³/mol. The van der Waals surface area contributed by atoms with Crippen molar-refractivity contribution in [3.05, 3.63) is 89.0 Å². The lowest BCUT2D eigenvalue weighted by molar-refractivity contribution is -0.137. The van der Waals surface area contributed by atoms with Gasteiger partial charge in [0.2, 0.25) is 0 Å². The van der Waals surface area contributed by atoms with Gasteiger partial charge in [-0.25, -0.2) is 13.2 Å². The molecule has 7 nitrogen and oxygen atoms in total. The van der Waals surface area contributed by atoms with Crippen LogP contribution in [0.2, 0.25) is 0 Å². The van der Waals surface area contributed by atoms with Crippen molar-refractivity contribution in [2.75, 3.05) is 11.3 Å². The van der Waals surface area contributed by atoms with E-state index in [1.165, 1.54) is 42.5 Å². The molecule has 0 amide bonds. The van der Waals surface area contributed by atoms with Crippen LogP contribution < -0.4 is 9.46 Å². The van der Waals surface area contributed by atoms with Gasteiger partial charge in [-0.2, -0.15) is 13.2 Å². The maximum Gasteiger partial charge on any atom is 0.416 e. The van der Waals surface area contributed by atoms with E-state index < -0.39 is 27.7 Å². The van der Waals surface area contributed by atoms with Crippen molar-refractivity contribution in [2.24, 2.45) is 0 Å². The van der Waals surface area contributed by atoms with E-state index in [4.69, 9.17) is 9.84 Å². The van der Waals surface area contributed by atoms with E-state index in [9.17, 15) is 31.5 Å². The lowest BCUT2D eigenvalue weighted by Crippen LogP contribution is -2.17. The molecular weight excluding hydrogens is 475 g/mol. The minimum atomic E-state index is -4.69. The molecular formula is C23H20F3NO6S. The third kappa shape index (κ3) is 6.06. The van der Waals surface area contributed by atoms with Crippen molar-refractivity contribution in [3.8, 4) is 5.75 Å². The van der Waals surface area contributed by atoms with Crippen LogP contribution >= 0.6 is 0 Å². The first-order valence-corrected chi connectivity index (χ1v) is 11.4. The summed E-state index contributed by atoms with van der Waals surface area (Å²) in [7, 11) is -4.22. The second kappa shape index (κ2) is 10.1.